The van der Waals surface area contributed by atoms with E-state index in [-0.39, 0.29) is 50.7 Å². The summed E-state index contributed by atoms with van der Waals surface area (Å²) in [5.74, 6) is 0.987. The fourth-order valence-electron chi connectivity index (χ4n) is 10.2. The first-order valence-corrected chi connectivity index (χ1v) is 28.8. The number of hydrogen-bond donors (Lipinski definition) is 6. The quantitative estimate of drug-likeness (QED) is 0.0316. The van der Waals surface area contributed by atoms with Crippen molar-refractivity contribution in [3.63, 3.8) is 0 Å². The van der Waals surface area contributed by atoms with Crippen molar-refractivity contribution < 1.29 is 48.3 Å². The van der Waals surface area contributed by atoms with Gasteiger partial charge in [-0.1, -0.05) is 69.3 Å². The molecule has 82 heavy (non-hydrogen) atoms. The number of likely N-dealkylation sites (N-methyl/N-ethyl adjacent to an activating group) is 1. The average molecular weight is 1150 g/mol. The molecule has 3 aromatic heterocycles. The standard InChI is InChI=1S/C59H78N12O10S/c1-37(64-52-45-11-9-10-12-46(45)53-67-66-39(3)71(53)68-52)49(69(7)8)40-13-15-41(16-14-40)54(73)61-21-22-77-23-24-78-25-26-79-27-28-80-29-30-81-48-31-42(50-38(2)63-36-82-50)17-18-43(48)33-62-55(74)47-32-44(72)34-70(47)56(75)51(58(4,5)6)65-57(76)59(35-60)19-20-59/h9-18,31,36-37,44,47,49,51,56,72,75H,19-30,32-34H2,1-8H3,(H,61,73)(H,62,74)(H,64,68)(H,65,76)/t37-,44-,47+,49+,51-,56?/m1/s1. The van der Waals surface area contributed by atoms with Crippen LogP contribution in [0.15, 0.2) is 72.2 Å². The molecule has 2 aliphatic rings. The molecule has 4 heterocycles. The van der Waals surface area contributed by atoms with Gasteiger partial charge in [-0.2, -0.15) is 9.78 Å². The molecule has 0 spiro atoms. The van der Waals surface area contributed by atoms with E-state index in [4.69, 9.17) is 28.8 Å². The Labute approximate surface area is 482 Å². The minimum atomic E-state index is -1.31. The molecular weight excluding hydrogens is 1070 g/mol. The molecule has 1 saturated heterocycles. The van der Waals surface area contributed by atoms with Crippen molar-refractivity contribution in [2.24, 2.45) is 10.8 Å². The number of nitrogens with one attached hydrogen (secondary N) is 4. The van der Waals surface area contributed by atoms with Crippen molar-refractivity contribution in [2.75, 3.05) is 92.0 Å². The Morgan fingerprint density at radius 1 is 0.890 bits per heavy atom. The summed E-state index contributed by atoms with van der Waals surface area (Å²) in [4.78, 5) is 49.1. The number of aliphatic hydroxyl groups is 2. The molecule has 1 aliphatic heterocycles. The second kappa shape index (κ2) is 28.0. The van der Waals surface area contributed by atoms with E-state index in [1.165, 1.54) is 16.2 Å². The number of nitriles is 1. The number of aromatic nitrogens is 5. The number of aliphatic hydroxyl groups excluding tert-OH is 2. The van der Waals surface area contributed by atoms with Crippen molar-refractivity contribution >= 4 is 51.3 Å². The maximum absolute atomic E-state index is 13.9. The number of amides is 3. The highest BCUT2D eigenvalue weighted by Crippen LogP contribution is 2.46. The van der Waals surface area contributed by atoms with Gasteiger partial charge in [0.05, 0.1) is 99.2 Å². The molecule has 6 aromatic rings. The molecule has 22 nitrogen and oxygen atoms in total. The molecule has 3 amide bonds. The monoisotopic (exact) mass is 1150 g/mol. The second-order valence-corrected chi connectivity index (χ2v) is 23.1. The Hall–Kier alpha value is -6.72. The van der Waals surface area contributed by atoms with Gasteiger partial charge in [0.25, 0.3) is 5.91 Å². The van der Waals surface area contributed by atoms with Gasteiger partial charge in [-0.05, 0) is 88.9 Å². The summed E-state index contributed by atoms with van der Waals surface area (Å²) >= 11 is 1.52. The van der Waals surface area contributed by atoms with E-state index in [1.54, 1.807) is 10.0 Å². The molecule has 1 saturated carbocycles. The summed E-state index contributed by atoms with van der Waals surface area (Å²) < 4.78 is 30.8. The zero-order valence-electron chi connectivity index (χ0n) is 48.1. The van der Waals surface area contributed by atoms with Gasteiger partial charge in [0.2, 0.25) is 11.8 Å². The highest BCUT2D eigenvalue weighted by Gasteiger charge is 2.53. The van der Waals surface area contributed by atoms with Gasteiger partial charge in [0.15, 0.2) is 17.3 Å². The highest BCUT2D eigenvalue weighted by molar-refractivity contribution is 7.13. The van der Waals surface area contributed by atoms with E-state index in [9.17, 15) is 29.9 Å². The van der Waals surface area contributed by atoms with E-state index in [2.05, 4.69) is 54.3 Å². The van der Waals surface area contributed by atoms with Crippen LogP contribution in [0.4, 0.5) is 5.82 Å². The van der Waals surface area contributed by atoms with Gasteiger partial charge < -0.3 is 60.1 Å². The number of likely N-dealkylation sites (tertiary alicyclic amines) is 1. The fraction of sp³-hybridized carbons (Fsp3) is 0.525. The van der Waals surface area contributed by atoms with Crippen molar-refractivity contribution in [3.8, 4) is 22.3 Å². The molecule has 440 valence electrons. The third kappa shape index (κ3) is 15.3. The predicted molar refractivity (Wildman–Crippen MR) is 310 cm³/mol. The molecule has 6 atom stereocenters. The lowest BCUT2D eigenvalue weighted by Crippen LogP contribution is -2.61. The van der Waals surface area contributed by atoms with Crippen LogP contribution in [0.3, 0.4) is 0 Å². The SMILES string of the molecule is Cc1ncsc1-c1ccc(CNC(=O)[C@@H]2C[C@@H](O)CN2C(O)[C@@H](NC(=O)C2(C#N)CC2)C(C)(C)C)c(OCCOCCOCCOCCOCCNC(=O)c2ccc([C@H]([C@@H](C)Nc3nn4c(C)nnc4c4ccccc34)N(C)C)cc2)c1. The zero-order valence-corrected chi connectivity index (χ0v) is 49.0. The topological polar surface area (TPSA) is 272 Å². The van der Waals surface area contributed by atoms with Crippen LogP contribution in [0, 0.1) is 36.0 Å². The van der Waals surface area contributed by atoms with E-state index in [0.717, 1.165) is 38.3 Å². The van der Waals surface area contributed by atoms with Gasteiger partial charge in [0.1, 0.15) is 24.0 Å². The molecule has 6 N–H and O–H groups in total. The number of anilines is 1. The zero-order chi connectivity index (χ0) is 58.6. The molecule has 3 aromatic carbocycles. The van der Waals surface area contributed by atoms with Gasteiger partial charge in [0, 0.05) is 47.6 Å². The largest absolute Gasteiger partial charge is 0.491 e. The smallest absolute Gasteiger partial charge is 0.251 e. The van der Waals surface area contributed by atoms with Crippen LogP contribution in [0.2, 0.25) is 0 Å². The third-order valence-electron chi connectivity index (χ3n) is 14.9. The van der Waals surface area contributed by atoms with Crippen LogP contribution >= 0.6 is 11.3 Å². The lowest BCUT2D eigenvalue weighted by molar-refractivity contribution is -0.136. The molecule has 0 bridgehead atoms. The first-order chi connectivity index (χ1) is 39.4. The maximum Gasteiger partial charge on any atom is 0.251 e. The number of carbonyl (C=O) groups excluding carboxylic acids is 3. The van der Waals surface area contributed by atoms with Crippen LogP contribution < -0.4 is 26.0 Å². The van der Waals surface area contributed by atoms with Crippen molar-refractivity contribution in [2.45, 2.75) is 104 Å². The van der Waals surface area contributed by atoms with Crippen LogP contribution in [0.1, 0.15) is 86.0 Å². The molecule has 0 radical (unpaired) electrons. The normalized spacial score (nSPS) is 17.5. The fourth-order valence-corrected chi connectivity index (χ4v) is 11.0. The number of hydrogen-bond acceptors (Lipinski definition) is 19. The number of ether oxygens (including phenoxy) is 5. The Balaban J connectivity index is 0.698. The first-order valence-electron chi connectivity index (χ1n) is 27.9. The number of rotatable bonds is 30. The summed E-state index contributed by atoms with van der Waals surface area (Å²) in [5, 5.41) is 59.9. The van der Waals surface area contributed by atoms with E-state index in [1.807, 2.05) is 115 Å². The molecule has 1 unspecified atom stereocenters. The summed E-state index contributed by atoms with van der Waals surface area (Å²) in [7, 11) is 4.06. The number of thiazole rings is 1. The summed E-state index contributed by atoms with van der Waals surface area (Å²) in [5.41, 5.74) is 4.89. The third-order valence-corrected chi connectivity index (χ3v) is 15.8. The van der Waals surface area contributed by atoms with Crippen LogP contribution in [0.25, 0.3) is 26.9 Å². The van der Waals surface area contributed by atoms with E-state index >= 15 is 0 Å². The predicted octanol–water partition coefficient (Wildman–Crippen LogP) is 5.20. The van der Waals surface area contributed by atoms with Crippen LogP contribution in [-0.4, -0.2) is 180 Å². The second-order valence-electron chi connectivity index (χ2n) is 22.2. The average Bonchev–Trinajstić information content (AvgIpc) is 3.21. The number of aryl methyl sites for hydroxylation is 2. The van der Waals surface area contributed by atoms with Crippen LogP contribution in [-0.2, 0) is 35.1 Å². The Morgan fingerprint density at radius 2 is 1.55 bits per heavy atom. The summed E-state index contributed by atoms with van der Waals surface area (Å²) in [6, 6.07) is 21.8. The molecule has 1 aliphatic carbocycles. The molecule has 23 heteroatoms. The van der Waals surface area contributed by atoms with Crippen molar-refractivity contribution in [1.82, 2.24) is 50.5 Å². The number of carbonyl (C=O) groups is 3. The minimum absolute atomic E-state index is 0.0299. The number of fused-ring (bicyclic) bond motifs is 3. The van der Waals surface area contributed by atoms with Gasteiger partial charge >= 0.3 is 0 Å². The maximum atomic E-state index is 13.9. The lowest BCUT2D eigenvalue weighted by Gasteiger charge is -2.41. The number of nitrogens with zero attached hydrogens (tertiary/aromatic N) is 8. The molecule has 2 fully saturated rings. The van der Waals surface area contributed by atoms with Crippen LogP contribution in [0.5, 0.6) is 5.75 Å². The summed E-state index contributed by atoms with van der Waals surface area (Å²) in [6.07, 6.45) is -1.17. The van der Waals surface area contributed by atoms with Gasteiger partial charge in [-0.25, -0.2) is 4.98 Å². The Kier molecular flexibility index (Phi) is 21.0. The van der Waals surface area contributed by atoms with Gasteiger partial charge in [-0.3, -0.25) is 19.3 Å². The lowest BCUT2D eigenvalue weighted by atomic mass is 9.84. The number of benzene rings is 3. The van der Waals surface area contributed by atoms with E-state index < -0.39 is 47.1 Å². The summed E-state index contributed by atoms with van der Waals surface area (Å²) in [6.45, 7) is 15.1. The Morgan fingerprint density at radius 3 is 2.17 bits per heavy atom. The molecule has 8 rings (SSSR count). The van der Waals surface area contributed by atoms with Crippen molar-refractivity contribution in [1.29, 1.82) is 5.26 Å². The minimum Gasteiger partial charge on any atom is -0.491 e. The highest BCUT2D eigenvalue weighted by atomic mass is 32.1. The molecular formula is C59H78N12O10S. The number of β-amino-alcohol motifs (C(OH)–C–C–N with tert-alkyl or cyclic N) is 1. The Bertz CT molecular complexity index is 3160. The van der Waals surface area contributed by atoms with E-state index in [0.29, 0.717) is 94.0 Å². The van der Waals surface area contributed by atoms with Crippen molar-refractivity contribution in [3.05, 3.63) is 100 Å². The first kappa shape index (κ1) is 61.4. The van der Waals surface area contributed by atoms with Gasteiger partial charge in [-0.15, -0.1) is 26.6 Å².